The molecule has 2 aromatic carbocycles. The van der Waals surface area contributed by atoms with Crippen LogP contribution in [0.1, 0.15) is 81.7 Å². The summed E-state index contributed by atoms with van der Waals surface area (Å²) in [5.74, 6) is 0. The predicted molar refractivity (Wildman–Crippen MR) is 143 cm³/mol. The quantitative estimate of drug-likeness (QED) is 0.465. The van der Waals surface area contributed by atoms with E-state index in [2.05, 4.69) is 114 Å². The normalized spacial score (nSPS) is 13.7. The van der Waals surface area contributed by atoms with E-state index in [1.165, 1.54) is 57.4 Å². The first kappa shape index (κ1) is 25.9. The third-order valence-corrected chi connectivity index (χ3v) is 6.37. The molecule has 0 aromatic heterocycles. The van der Waals surface area contributed by atoms with E-state index in [1.54, 1.807) is 0 Å². The number of aryl methyl sites for hydroxylation is 3. The second-order valence-corrected chi connectivity index (χ2v) is 9.14. The minimum atomic E-state index is 0.459. The van der Waals surface area contributed by atoms with Crippen LogP contribution in [0.25, 0.3) is 5.57 Å². The molecule has 0 aliphatic heterocycles. The number of hydrogen-bond acceptors (Lipinski definition) is 1. The standard InChI is InChI=1S/C22H31N.C9H12/c1-6-22(20-10-8-7-9-11-20)23-15-19-13-12-17(4)21(14-19)18(5)16(2)3;1-3-9-6-4-8(2)5-7-9/h8,10-14,22-23H,6-7,9,15H2,1-5H3;4-7H,3H2,1-2H3. The molecule has 1 aliphatic rings. The average Bonchev–Trinajstić information content (AvgIpc) is 2.81. The van der Waals surface area contributed by atoms with E-state index in [0.717, 1.165) is 19.4 Å². The zero-order chi connectivity index (χ0) is 23.5. The van der Waals surface area contributed by atoms with Crippen LogP contribution in [0.15, 0.2) is 71.8 Å². The van der Waals surface area contributed by atoms with E-state index in [9.17, 15) is 0 Å². The Morgan fingerprint density at radius 3 is 2.16 bits per heavy atom. The van der Waals surface area contributed by atoms with Crippen molar-refractivity contribution in [2.75, 3.05) is 0 Å². The SMILES string of the molecule is CCC(NCc1ccc(C)c(C(C)=C(C)C)c1)C1=CCCC=C1.CCc1ccc(C)cc1. The van der Waals surface area contributed by atoms with Crippen molar-refractivity contribution in [3.63, 3.8) is 0 Å². The number of rotatable bonds is 7. The van der Waals surface area contributed by atoms with Gasteiger partial charge in [-0.2, -0.15) is 0 Å². The minimum Gasteiger partial charge on any atom is -0.306 e. The van der Waals surface area contributed by atoms with E-state index in [-0.39, 0.29) is 0 Å². The fourth-order valence-electron chi connectivity index (χ4n) is 3.91. The molecule has 0 bridgehead atoms. The highest BCUT2D eigenvalue weighted by atomic mass is 14.9. The molecule has 3 rings (SSSR count). The van der Waals surface area contributed by atoms with Crippen LogP contribution >= 0.6 is 0 Å². The molecule has 2 aromatic rings. The summed E-state index contributed by atoms with van der Waals surface area (Å²) in [4.78, 5) is 0. The number of benzene rings is 2. The van der Waals surface area contributed by atoms with Gasteiger partial charge in [0.05, 0.1) is 0 Å². The zero-order valence-corrected chi connectivity index (χ0v) is 21.4. The van der Waals surface area contributed by atoms with Crippen LogP contribution < -0.4 is 5.32 Å². The van der Waals surface area contributed by atoms with Crippen molar-refractivity contribution in [3.05, 3.63) is 99.7 Å². The summed E-state index contributed by atoms with van der Waals surface area (Å²) in [7, 11) is 0. The fourth-order valence-corrected chi connectivity index (χ4v) is 3.91. The van der Waals surface area contributed by atoms with Gasteiger partial charge in [0, 0.05) is 12.6 Å². The zero-order valence-electron chi connectivity index (χ0n) is 21.4. The molecule has 0 amide bonds. The van der Waals surface area contributed by atoms with Crippen LogP contribution in [0, 0.1) is 13.8 Å². The highest BCUT2D eigenvalue weighted by Gasteiger charge is 2.11. The van der Waals surface area contributed by atoms with Crippen molar-refractivity contribution >= 4 is 5.57 Å². The molecule has 32 heavy (non-hydrogen) atoms. The van der Waals surface area contributed by atoms with Crippen molar-refractivity contribution in [2.24, 2.45) is 0 Å². The van der Waals surface area contributed by atoms with Crippen molar-refractivity contribution in [2.45, 2.75) is 86.7 Å². The van der Waals surface area contributed by atoms with Crippen molar-refractivity contribution in [1.82, 2.24) is 5.32 Å². The van der Waals surface area contributed by atoms with Crippen LogP contribution in [0.4, 0.5) is 0 Å². The lowest BCUT2D eigenvalue weighted by atomic mass is 9.95. The van der Waals surface area contributed by atoms with Gasteiger partial charge in [-0.25, -0.2) is 0 Å². The van der Waals surface area contributed by atoms with E-state index in [4.69, 9.17) is 0 Å². The number of allylic oxidation sites excluding steroid dienone is 4. The van der Waals surface area contributed by atoms with Crippen molar-refractivity contribution < 1.29 is 0 Å². The van der Waals surface area contributed by atoms with Gasteiger partial charge in [-0.1, -0.05) is 79.6 Å². The van der Waals surface area contributed by atoms with E-state index in [0.29, 0.717) is 6.04 Å². The van der Waals surface area contributed by atoms with Crippen LogP contribution in [-0.4, -0.2) is 6.04 Å². The Morgan fingerprint density at radius 1 is 0.906 bits per heavy atom. The first-order valence-electron chi connectivity index (χ1n) is 12.2. The summed E-state index contributed by atoms with van der Waals surface area (Å²) >= 11 is 0. The van der Waals surface area contributed by atoms with E-state index < -0.39 is 0 Å². The largest absolute Gasteiger partial charge is 0.306 e. The van der Waals surface area contributed by atoms with Crippen molar-refractivity contribution in [3.8, 4) is 0 Å². The lowest BCUT2D eigenvalue weighted by Crippen LogP contribution is -2.29. The Kier molecular flexibility index (Phi) is 10.7. The molecule has 0 fully saturated rings. The van der Waals surface area contributed by atoms with Gasteiger partial charge in [-0.3, -0.25) is 0 Å². The Hall–Kier alpha value is -2.38. The Morgan fingerprint density at radius 2 is 1.59 bits per heavy atom. The maximum atomic E-state index is 3.73. The Balaban J connectivity index is 0.000000336. The van der Waals surface area contributed by atoms with Gasteiger partial charge in [0.15, 0.2) is 0 Å². The molecule has 0 radical (unpaired) electrons. The van der Waals surface area contributed by atoms with Crippen molar-refractivity contribution in [1.29, 1.82) is 0 Å². The lowest BCUT2D eigenvalue weighted by molar-refractivity contribution is 0.559. The Bertz CT molecular complexity index is 937. The molecule has 0 heterocycles. The van der Waals surface area contributed by atoms with Gasteiger partial charge < -0.3 is 5.32 Å². The number of hydrogen-bond donors (Lipinski definition) is 1. The second kappa shape index (κ2) is 13.2. The van der Waals surface area contributed by atoms with E-state index in [1.807, 2.05) is 0 Å². The number of nitrogens with one attached hydrogen (secondary N) is 1. The molecule has 1 N–H and O–H groups in total. The molecule has 1 heteroatoms. The third kappa shape index (κ3) is 7.95. The van der Waals surface area contributed by atoms with Gasteiger partial charge in [0.1, 0.15) is 0 Å². The molecule has 1 nitrogen and oxygen atoms in total. The summed E-state index contributed by atoms with van der Waals surface area (Å²) in [6.07, 6.45) is 11.6. The maximum Gasteiger partial charge on any atom is 0.0317 e. The van der Waals surface area contributed by atoms with Gasteiger partial charge in [0.2, 0.25) is 0 Å². The van der Waals surface area contributed by atoms with Crippen LogP contribution in [0.5, 0.6) is 0 Å². The van der Waals surface area contributed by atoms with E-state index >= 15 is 0 Å². The summed E-state index contributed by atoms with van der Waals surface area (Å²) in [6, 6.07) is 16.0. The molecule has 1 aliphatic carbocycles. The molecular weight excluding hydrogens is 386 g/mol. The summed E-state index contributed by atoms with van der Waals surface area (Å²) in [5.41, 5.74) is 11.1. The average molecular weight is 430 g/mol. The van der Waals surface area contributed by atoms with Crippen LogP contribution in [0.2, 0.25) is 0 Å². The van der Waals surface area contributed by atoms with Gasteiger partial charge >= 0.3 is 0 Å². The highest BCUT2D eigenvalue weighted by Crippen LogP contribution is 2.23. The summed E-state index contributed by atoms with van der Waals surface area (Å²) in [6.45, 7) is 16.3. The van der Waals surface area contributed by atoms with Crippen LogP contribution in [-0.2, 0) is 13.0 Å². The smallest absolute Gasteiger partial charge is 0.0317 e. The molecule has 1 unspecified atom stereocenters. The first-order valence-corrected chi connectivity index (χ1v) is 12.2. The predicted octanol–water partition coefficient (Wildman–Crippen LogP) is 8.51. The molecule has 1 atom stereocenters. The van der Waals surface area contributed by atoms with Crippen LogP contribution in [0.3, 0.4) is 0 Å². The van der Waals surface area contributed by atoms with Gasteiger partial charge in [-0.15, -0.1) is 0 Å². The van der Waals surface area contributed by atoms with Gasteiger partial charge in [-0.05, 0) is 99.8 Å². The molecule has 172 valence electrons. The second-order valence-electron chi connectivity index (χ2n) is 9.14. The molecule has 0 saturated heterocycles. The molecular formula is C31H43N. The highest BCUT2D eigenvalue weighted by molar-refractivity contribution is 5.69. The Labute approximate surface area is 197 Å². The fraction of sp³-hybridized carbons (Fsp3) is 0.419. The third-order valence-electron chi connectivity index (χ3n) is 6.37. The molecule has 0 spiro atoms. The maximum absolute atomic E-state index is 3.73. The molecule has 0 saturated carbocycles. The summed E-state index contributed by atoms with van der Waals surface area (Å²) < 4.78 is 0. The summed E-state index contributed by atoms with van der Waals surface area (Å²) in [5, 5.41) is 3.73. The minimum absolute atomic E-state index is 0.459. The lowest BCUT2D eigenvalue weighted by Gasteiger charge is -2.21. The van der Waals surface area contributed by atoms with Gasteiger partial charge in [0.25, 0.3) is 0 Å². The first-order chi connectivity index (χ1) is 15.3. The topological polar surface area (TPSA) is 12.0 Å². The monoisotopic (exact) mass is 429 g/mol.